The van der Waals surface area contributed by atoms with E-state index in [4.69, 9.17) is 5.11 Å². The fourth-order valence-electron chi connectivity index (χ4n) is 1.83. The zero-order chi connectivity index (χ0) is 13.8. The molecule has 0 aliphatic rings. The van der Waals surface area contributed by atoms with Crippen LogP contribution >= 0.6 is 0 Å². The molecule has 0 bridgehead atoms. The molecule has 0 saturated carbocycles. The summed E-state index contributed by atoms with van der Waals surface area (Å²) >= 11 is 0. The van der Waals surface area contributed by atoms with Crippen LogP contribution in [0.15, 0.2) is 42.5 Å². The van der Waals surface area contributed by atoms with Crippen molar-refractivity contribution in [1.29, 1.82) is 0 Å². The maximum absolute atomic E-state index is 13.4. The van der Waals surface area contributed by atoms with Crippen LogP contribution in [0.2, 0.25) is 0 Å². The number of hydrogen-bond donors (Lipinski definition) is 2. The molecule has 4 heteroatoms. The third-order valence-corrected chi connectivity index (χ3v) is 2.90. The first-order valence-corrected chi connectivity index (χ1v) is 5.89. The number of anilines is 1. The Balaban J connectivity index is 2.12. The molecule has 0 amide bonds. The number of rotatable bonds is 4. The van der Waals surface area contributed by atoms with Crippen LogP contribution in [0.4, 0.5) is 10.1 Å². The molecule has 0 aliphatic heterocycles. The Morgan fingerprint density at radius 2 is 2.00 bits per heavy atom. The van der Waals surface area contributed by atoms with Gasteiger partial charge in [0.1, 0.15) is 5.82 Å². The van der Waals surface area contributed by atoms with E-state index >= 15 is 0 Å². The molecule has 2 aromatic rings. The number of hydrogen-bond acceptors (Lipinski definition) is 2. The van der Waals surface area contributed by atoms with Crippen molar-refractivity contribution < 1.29 is 14.3 Å². The molecule has 0 aromatic heterocycles. The van der Waals surface area contributed by atoms with Crippen molar-refractivity contribution in [2.75, 3.05) is 5.32 Å². The largest absolute Gasteiger partial charge is 0.478 e. The van der Waals surface area contributed by atoms with Gasteiger partial charge in [0.05, 0.1) is 5.56 Å². The lowest BCUT2D eigenvalue weighted by Crippen LogP contribution is -2.04. The average Bonchev–Trinajstić information content (AvgIpc) is 2.39. The summed E-state index contributed by atoms with van der Waals surface area (Å²) in [5, 5.41) is 12.0. The average molecular weight is 259 g/mol. The molecule has 2 N–H and O–H groups in total. The quantitative estimate of drug-likeness (QED) is 0.884. The minimum atomic E-state index is -0.955. The van der Waals surface area contributed by atoms with E-state index in [1.54, 1.807) is 30.3 Å². The molecule has 2 aromatic carbocycles. The summed E-state index contributed by atoms with van der Waals surface area (Å²) in [6.07, 6.45) is 0. The summed E-state index contributed by atoms with van der Waals surface area (Å²) in [7, 11) is 0. The maximum atomic E-state index is 13.4. The second kappa shape index (κ2) is 5.52. The number of aromatic carboxylic acids is 1. The monoisotopic (exact) mass is 259 g/mol. The van der Waals surface area contributed by atoms with Crippen molar-refractivity contribution in [2.24, 2.45) is 0 Å². The maximum Gasteiger partial charge on any atom is 0.335 e. The van der Waals surface area contributed by atoms with Crippen LogP contribution in [0.3, 0.4) is 0 Å². The molecule has 0 radical (unpaired) electrons. The Kier molecular flexibility index (Phi) is 3.80. The van der Waals surface area contributed by atoms with Crippen LogP contribution in [0.1, 0.15) is 21.5 Å². The van der Waals surface area contributed by atoms with Gasteiger partial charge in [0.2, 0.25) is 0 Å². The topological polar surface area (TPSA) is 49.3 Å². The lowest BCUT2D eigenvalue weighted by molar-refractivity contribution is 0.0697. The molecular weight excluding hydrogens is 245 g/mol. The molecule has 2 rings (SSSR count). The smallest absolute Gasteiger partial charge is 0.335 e. The van der Waals surface area contributed by atoms with E-state index < -0.39 is 5.97 Å². The van der Waals surface area contributed by atoms with Gasteiger partial charge in [0, 0.05) is 17.8 Å². The van der Waals surface area contributed by atoms with Crippen molar-refractivity contribution in [3.05, 3.63) is 65.0 Å². The molecule has 3 nitrogen and oxygen atoms in total. The first-order chi connectivity index (χ1) is 9.08. The van der Waals surface area contributed by atoms with Gasteiger partial charge in [0.25, 0.3) is 0 Å². The second-order valence-corrected chi connectivity index (χ2v) is 4.28. The summed E-state index contributed by atoms with van der Waals surface area (Å²) in [5.41, 5.74) is 2.43. The standard InChI is InChI=1S/C15H14FNO2/c1-10-8-11(15(18)19)6-7-14(10)17-9-12-4-2-3-5-13(12)16/h2-8,17H,9H2,1H3,(H,18,19). The number of carboxylic acids is 1. The zero-order valence-electron chi connectivity index (χ0n) is 10.5. The van der Waals surface area contributed by atoms with E-state index in [-0.39, 0.29) is 11.4 Å². The van der Waals surface area contributed by atoms with Gasteiger partial charge in [-0.3, -0.25) is 0 Å². The van der Waals surface area contributed by atoms with E-state index in [9.17, 15) is 9.18 Å². The molecule has 0 unspecified atom stereocenters. The van der Waals surface area contributed by atoms with Gasteiger partial charge in [-0.25, -0.2) is 9.18 Å². The molecule has 98 valence electrons. The van der Waals surface area contributed by atoms with E-state index in [1.165, 1.54) is 12.1 Å². The summed E-state index contributed by atoms with van der Waals surface area (Å²) in [4.78, 5) is 10.8. The molecule has 0 fully saturated rings. The predicted molar refractivity (Wildman–Crippen MR) is 71.9 cm³/mol. The van der Waals surface area contributed by atoms with E-state index in [0.717, 1.165) is 11.3 Å². The Bertz CT molecular complexity index is 611. The fourth-order valence-corrected chi connectivity index (χ4v) is 1.83. The molecule has 0 saturated heterocycles. The number of carboxylic acid groups (broad SMARTS) is 1. The van der Waals surface area contributed by atoms with Gasteiger partial charge in [-0.05, 0) is 36.8 Å². The van der Waals surface area contributed by atoms with Gasteiger partial charge < -0.3 is 10.4 Å². The van der Waals surface area contributed by atoms with Crippen molar-refractivity contribution in [2.45, 2.75) is 13.5 Å². The molecular formula is C15H14FNO2. The Labute approximate surface area is 110 Å². The Morgan fingerprint density at radius 1 is 1.26 bits per heavy atom. The molecule has 0 atom stereocenters. The summed E-state index contributed by atoms with van der Waals surface area (Å²) in [6.45, 7) is 2.18. The van der Waals surface area contributed by atoms with Crippen LogP contribution in [0.25, 0.3) is 0 Å². The van der Waals surface area contributed by atoms with Crippen molar-refractivity contribution >= 4 is 11.7 Å². The van der Waals surface area contributed by atoms with Crippen LogP contribution in [-0.4, -0.2) is 11.1 Å². The molecule has 0 aliphatic carbocycles. The van der Waals surface area contributed by atoms with Crippen LogP contribution < -0.4 is 5.32 Å². The van der Waals surface area contributed by atoms with Gasteiger partial charge >= 0.3 is 5.97 Å². The fraction of sp³-hybridized carbons (Fsp3) is 0.133. The summed E-state index contributed by atoms with van der Waals surface area (Å²) < 4.78 is 13.4. The highest BCUT2D eigenvalue weighted by atomic mass is 19.1. The number of halogens is 1. The highest BCUT2D eigenvalue weighted by molar-refractivity contribution is 5.88. The summed E-state index contributed by atoms with van der Waals surface area (Å²) in [5.74, 6) is -1.21. The highest BCUT2D eigenvalue weighted by Gasteiger charge is 2.06. The first-order valence-electron chi connectivity index (χ1n) is 5.89. The minimum absolute atomic E-state index is 0.244. The van der Waals surface area contributed by atoms with Crippen LogP contribution in [0, 0.1) is 12.7 Å². The molecule has 19 heavy (non-hydrogen) atoms. The Morgan fingerprint density at radius 3 is 2.63 bits per heavy atom. The van der Waals surface area contributed by atoms with Crippen molar-refractivity contribution in [3.63, 3.8) is 0 Å². The van der Waals surface area contributed by atoms with E-state index in [1.807, 2.05) is 6.92 Å². The van der Waals surface area contributed by atoms with Gasteiger partial charge in [-0.15, -0.1) is 0 Å². The van der Waals surface area contributed by atoms with E-state index in [2.05, 4.69) is 5.32 Å². The zero-order valence-corrected chi connectivity index (χ0v) is 10.5. The van der Waals surface area contributed by atoms with Gasteiger partial charge in [-0.1, -0.05) is 18.2 Å². The molecule has 0 spiro atoms. The van der Waals surface area contributed by atoms with Crippen molar-refractivity contribution in [1.82, 2.24) is 0 Å². The van der Waals surface area contributed by atoms with Crippen molar-refractivity contribution in [3.8, 4) is 0 Å². The lowest BCUT2D eigenvalue weighted by atomic mass is 10.1. The summed E-state index contributed by atoms with van der Waals surface area (Å²) in [6, 6.07) is 11.4. The third-order valence-electron chi connectivity index (χ3n) is 2.90. The second-order valence-electron chi connectivity index (χ2n) is 4.28. The third kappa shape index (κ3) is 3.10. The van der Waals surface area contributed by atoms with Gasteiger partial charge in [-0.2, -0.15) is 0 Å². The minimum Gasteiger partial charge on any atom is -0.478 e. The number of benzene rings is 2. The number of nitrogens with one attached hydrogen (secondary N) is 1. The van der Waals surface area contributed by atoms with Gasteiger partial charge in [0.15, 0.2) is 0 Å². The van der Waals surface area contributed by atoms with E-state index in [0.29, 0.717) is 12.1 Å². The SMILES string of the molecule is Cc1cc(C(=O)O)ccc1NCc1ccccc1F. The van der Waals surface area contributed by atoms with Crippen LogP contribution in [0.5, 0.6) is 0 Å². The van der Waals surface area contributed by atoms with Crippen LogP contribution in [-0.2, 0) is 6.54 Å². The molecule has 0 heterocycles. The number of aryl methyl sites for hydroxylation is 1. The first kappa shape index (κ1) is 13.1. The number of carbonyl (C=O) groups is 1. The highest BCUT2D eigenvalue weighted by Crippen LogP contribution is 2.18. The Hall–Kier alpha value is -2.36. The lowest BCUT2D eigenvalue weighted by Gasteiger charge is -2.10. The predicted octanol–water partition coefficient (Wildman–Crippen LogP) is 3.44. The normalized spacial score (nSPS) is 10.2.